The van der Waals surface area contributed by atoms with Crippen molar-refractivity contribution in [2.75, 3.05) is 5.32 Å². The summed E-state index contributed by atoms with van der Waals surface area (Å²) in [4.78, 5) is 11.5. The van der Waals surface area contributed by atoms with Crippen LogP contribution in [0.3, 0.4) is 0 Å². The maximum atomic E-state index is 12.5. The van der Waals surface area contributed by atoms with Gasteiger partial charge in [-0.3, -0.25) is 4.79 Å². The maximum Gasteiger partial charge on any atom is 0.426 e. The van der Waals surface area contributed by atoms with E-state index in [1.807, 2.05) is 5.32 Å². The summed E-state index contributed by atoms with van der Waals surface area (Å²) in [5.41, 5.74) is -2.70. The van der Waals surface area contributed by atoms with Gasteiger partial charge >= 0.3 is 6.18 Å². The summed E-state index contributed by atoms with van der Waals surface area (Å²) in [6, 6.07) is 4.46. The van der Waals surface area contributed by atoms with Crippen molar-refractivity contribution in [1.29, 1.82) is 0 Å². The van der Waals surface area contributed by atoms with Gasteiger partial charge in [0.15, 0.2) is 0 Å². The van der Waals surface area contributed by atoms with Crippen LogP contribution in [-0.2, 0) is 11.2 Å². The second-order valence-corrected chi connectivity index (χ2v) is 4.74. The molecular weight excluding hydrogens is 295 g/mol. The van der Waals surface area contributed by atoms with E-state index in [9.17, 15) is 23.1 Å². The molecule has 0 aliphatic rings. The minimum Gasteiger partial charge on any atom is -0.373 e. The Bertz CT molecular complexity index is 527. The van der Waals surface area contributed by atoms with E-state index in [1.54, 1.807) is 12.1 Å². The van der Waals surface area contributed by atoms with Gasteiger partial charge in [-0.15, -0.1) is 6.58 Å². The topological polar surface area (TPSA) is 49.3 Å². The van der Waals surface area contributed by atoms with Gasteiger partial charge in [0.2, 0.25) is 5.60 Å². The molecular formula is C13H13ClF3NO2. The zero-order valence-electron chi connectivity index (χ0n) is 10.6. The molecule has 2 N–H and O–H groups in total. The lowest BCUT2D eigenvalue weighted by Gasteiger charge is -2.25. The molecule has 0 aliphatic heterocycles. The van der Waals surface area contributed by atoms with Crippen LogP contribution in [0.25, 0.3) is 0 Å². The summed E-state index contributed by atoms with van der Waals surface area (Å²) in [5.74, 6) is -1.59. The first-order chi connectivity index (χ1) is 9.09. The normalized spacial score (nSPS) is 14.5. The van der Waals surface area contributed by atoms with Gasteiger partial charge < -0.3 is 10.4 Å². The highest BCUT2D eigenvalue weighted by Gasteiger charge is 2.55. The molecule has 0 spiro atoms. The van der Waals surface area contributed by atoms with Crippen molar-refractivity contribution in [1.82, 2.24) is 0 Å². The van der Waals surface area contributed by atoms with Crippen LogP contribution >= 0.6 is 11.6 Å². The van der Waals surface area contributed by atoms with Crippen molar-refractivity contribution in [3.63, 3.8) is 0 Å². The fourth-order valence-electron chi connectivity index (χ4n) is 1.33. The molecule has 1 aromatic rings. The predicted octanol–water partition coefficient (Wildman–Crippen LogP) is 3.32. The first-order valence-electron chi connectivity index (χ1n) is 5.59. The Morgan fingerprint density at radius 3 is 2.55 bits per heavy atom. The maximum absolute atomic E-state index is 12.5. The van der Waals surface area contributed by atoms with Crippen LogP contribution in [0.15, 0.2) is 30.9 Å². The Labute approximate surface area is 119 Å². The lowest BCUT2D eigenvalue weighted by molar-refractivity contribution is -0.242. The molecule has 20 heavy (non-hydrogen) atoms. The summed E-state index contributed by atoms with van der Waals surface area (Å²) in [7, 11) is 0. The van der Waals surface area contributed by atoms with Gasteiger partial charge in [0.25, 0.3) is 5.91 Å². The number of amides is 1. The summed E-state index contributed by atoms with van der Waals surface area (Å²) in [6.07, 6.45) is -2.90. The first-order valence-corrected chi connectivity index (χ1v) is 5.97. The van der Waals surface area contributed by atoms with Crippen LogP contribution in [0.5, 0.6) is 0 Å². The van der Waals surface area contributed by atoms with Gasteiger partial charge in [0, 0.05) is 0 Å². The van der Waals surface area contributed by atoms with Crippen LogP contribution in [0, 0.1) is 0 Å². The van der Waals surface area contributed by atoms with Crippen LogP contribution in [0.2, 0.25) is 5.02 Å². The van der Waals surface area contributed by atoms with E-state index in [-0.39, 0.29) is 10.7 Å². The van der Waals surface area contributed by atoms with E-state index in [4.69, 9.17) is 11.6 Å². The summed E-state index contributed by atoms with van der Waals surface area (Å²) < 4.78 is 37.5. The Balaban J connectivity index is 2.94. The SMILES string of the molecule is C=CCc1ccc(NC(=O)C(C)(O)C(F)(F)F)c(Cl)c1. The molecule has 0 radical (unpaired) electrons. The Kier molecular flexibility index (Phi) is 4.83. The monoisotopic (exact) mass is 307 g/mol. The number of allylic oxidation sites excluding steroid dienone is 1. The number of hydrogen-bond donors (Lipinski definition) is 2. The molecule has 1 rings (SSSR count). The quantitative estimate of drug-likeness (QED) is 0.838. The summed E-state index contributed by atoms with van der Waals surface area (Å²) in [6.45, 7) is 3.92. The predicted molar refractivity (Wildman–Crippen MR) is 70.7 cm³/mol. The number of carbonyl (C=O) groups is 1. The average molecular weight is 308 g/mol. The van der Waals surface area contributed by atoms with E-state index in [1.165, 1.54) is 12.1 Å². The third-order valence-corrected chi connectivity index (χ3v) is 2.97. The van der Waals surface area contributed by atoms with Gasteiger partial charge in [0.05, 0.1) is 10.7 Å². The van der Waals surface area contributed by atoms with E-state index in [0.29, 0.717) is 13.3 Å². The number of rotatable bonds is 4. The number of carbonyl (C=O) groups excluding carboxylic acids is 1. The molecule has 1 amide bonds. The third kappa shape index (κ3) is 3.52. The standard InChI is InChI=1S/C13H13ClF3NO2/c1-3-4-8-5-6-10(9(14)7-8)18-11(19)12(2,20)13(15,16)17/h3,5-7,20H,1,4H2,2H3,(H,18,19). The molecule has 0 bridgehead atoms. The molecule has 0 fully saturated rings. The van der Waals surface area contributed by atoms with Crippen LogP contribution < -0.4 is 5.32 Å². The van der Waals surface area contributed by atoms with Gasteiger partial charge in [-0.25, -0.2) is 0 Å². The highest BCUT2D eigenvalue weighted by Crippen LogP contribution is 2.32. The highest BCUT2D eigenvalue weighted by molar-refractivity contribution is 6.33. The number of anilines is 1. The largest absolute Gasteiger partial charge is 0.426 e. The lowest BCUT2D eigenvalue weighted by atomic mass is 10.1. The fourth-order valence-corrected chi connectivity index (χ4v) is 1.58. The molecule has 1 atom stereocenters. The van der Waals surface area contributed by atoms with E-state index >= 15 is 0 Å². The second-order valence-electron chi connectivity index (χ2n) is 4.33. The number of halogens is 4. The molecule has 0 saturated heterocycles. The first kappa shape index (κ1) is 16.5. The second kappa shape index (κ2) is 5.85. The van der Waals surface area contributed by atoms with Gasteiger partial charge in [-0.1, -0.05) is 23.7 Å². The highest BCUT2D eigenvalue weighted by atomic mass is 35.5. The third-order valence-electron chi connectivity index (χ3n) is 2.66. The fraction of sp³-hybridized carbons (Fsp3) is 0.308. The zero-order chi connectivity index (χ0) is 15.6. The molecule has 1 unspecified atom stereocenters. The molecule has 3 nitrogen and oxygen atoms in total. The van der Waals surface area contributed by atoms with Crippen LogP contribution in [0.1, 0.15) is 12.5 Å². The molecule has 0 aromatic heterocycles. The van der Waals surface area contributed by atoms with Crippen LogP contribution in [-0.4, -0.2) is 22.8 Å². The summed E-state index contributed by atoms with van der Waals surface area (Å²) in [5, 5.41) is 11.3. The molecule has 110 valence electrons. The van der Waals surface area contributed by atoms with E-state index in [0.717, 1.165) is 5.56 Å². The number of aliphatic hydroxyl groups is 1. The minimum absolute atomic E-state index is 0.00555. The average Bonchev–Trinajstić information content (AvgIpc) is 2.31. The minimum atomic E-state index is -5.08. The Morgan fingerprint density at radius 2 is 2.10 bits per heavy atom. The summed E-state index contributed by atoms with van der Waals surface area (Å²) >= 11 is 5.86. The van der Waals surface area contributed by atoms with Gasteiger partial charge in [0.1, 0.15) is 0 Å². The van der Waals surface area contributed by atoms with E-state index in [2.05, 4.69) is 6.58 Å². The molecule has 0 aliphatic carbocycles. The van der Waals surface area contributed by atoms with E-state index < -0.39 is 17.7 Å². The lowest BCUT2D eigenvalue weighted by Crippen LogP contribution is -2.52. The number of nitrogens with one attached hydrogen (secondary N) is 1. The van der Waals surface area contributed by atoms with Gasteiger partial charge in [-0.05, 0) is 31.0 Å². The molecule has 0 heterocycles. The van der Waals surface area contributed by atoms with Crippen molar-refractivity contribution in [2.24, 2.45) is 0 Å². The van der Waals surface area contributed by atoms with Crippen molar-refractivity contribution < 1.29 is 23.1 Å². The van der Waals surface area contributed by atoms with Crippen molar-refractivity contribution in [2.45, 2.75) is 25.1 Å². The van der Waals surface area contributed by atoms with Crippen molar-refractivity contribution in [3.05, 3.63) is 41.4 Å². The number of benzene rings is 1. The smallest absolute Gasteiger partial charge is 0.373 e. The molecule has 1 aromatic carbocycles. The Hall–Kier alpha value is -1.53. The van der Waals surface area contributed by atoms with Crippen LogP contribution in [0.4, 0.5) is 18.9 Å². The number of hydrogen-bond acceptors (Lipinski definition) is 2. The molecule has 7 heteroatoms. The van der Waals surface area contributed by atoms with Gasteiger partial charge in [-0.2, -0.15) is 13.2 Å². The molecule has 0 saturated carbocycles. The van der Waals surface area contributed by atoms with Crippen molar-refractivity contribution in [3.8, 4) is 0 Å². The van der Waals surface area contributed by atoms with Crippen molar-refractivity contribution >= 4 is 23.2 Å². The Morgan fingerprint density at radius 1 is 1.50 bits per heavy atom. The number of alkyl halides is 3. The zero-order valence-corrected chi connectivity index (χ0v) is 11.3.